The van der Waals surface area contributed by atoms with Crippen LogP contribution in [-0.2, 0) is 32.5 Å². The van der Waals surface area contributed by atoms with Crippen molar-refractivity contribution >= 4 is 39.0 Å². The lowest BCUT2D eigenvalue weighted by Crippen LogP contribution is -2.39. The summed E-state index contributed by atoms with van der Waals surface area (Å²) in [6, 6.07) is 12.6. The van der Waals surface area contributed by atoms with Gasteiger partial charge in [0.25, 0.3) is 5.91 Å². The van der Waals surface area contributed by atoms with Crippen LogP contribution in [0.3, 0.4) is 0 Å². The third-order valence-electron chi connectivity index (χ3n) is 6.32. The first-order chi connectivity index (χ1) is 20.6. The number of thiazole rings is 1. The Balaban J connectivity index is 1.69. The predicted molar refractivity (Wildman–Crippen MR) is 162 cm³/mol. The zero-order chi connectivity index (χ0) is 31.4. The van der Waals surface area contributed by atoms with E-state index in [2.05, 4.69) is 15.6 Å². The third kappa shape index (κ3) is 10.1. The Morgan fingerprint density at radius 2 is 1.72 bits per heavy atom. The number of methoxy groups -OCH3 is 2. The Hall–Kier alpha value is -3.85. The molecule has 232 valence electrons. The molecule has 3 aromatic rings. The van der Waals surface area contributed by atoms with Gasteiger partial charge in [-0.05, 0) is 44.4 Å². The van der Waals surface area contributed by atoms with Crippen molar-refractivity contribution in [1.29, 1.82) is 0 Å². The molecular weight excluding hydrogens is 596 g/mol. The van der Waals surface area contributed by atoms with E-state index in [4.69, 9.17) is 14.2 Å². The van der Waals surface area contributed by atoms with Crippen molar-refractivity contribution in [2.45, 2.75) is 39.3 Å². The van der Waals surface area contributed by atoms with Crippen molar-refractivity contribution < 1.29 is 37.0 Å². The maximum absolute atomic E-state index is 13.7. The van der Waals surface area contributed by atoms with Crippen LogP contribution in [0.2, 0.25) is 0 Å². The van der Waals surface area contributed by atoms with Crippen LogP contribution < -0.4 is 24.8 Å². The number of rotatable bonds is 17. The number of sulfonamides is 1. The lowest BCUT2D eigenvalue weighted by atomic mass is 9.96. The highest BCUT2D eigenvalue weighted by Crippen LogP contribution is 2.30. The van der Waals surface area contributed by atoms with E-state index in [0.717, 1.165) is 22.5 Å². The number of ketones is 1. The monoisotopic (exact) mass is 632 g/mol. The molecule has 3 N–H and O–H groups in total. The van der Waals surface area contributed by atoms with Crippen molar-refractivity contribution in [2.24, 2.45) is 0 Å². The Labute approximate surface area is 255 Å². The quantitative estimate of drug-likeness (QED) is 0.148. The number of Topliss-reactive ketones (excluding diaryl/α,β-unsaturated/α-hetero) is 1. The van der Waals surface area contributed by atoms with Gasteiger partial charge >= 0.3 is 5.97 Å². The van der Waals surface area contributed by atoms with Gasteiger partial charge in [0.05, 0.1) is 33.4 Å². The molecule has 14 heteroatoms. The number of carbonyl (C=O) groups is 3. The SMILES string of the molecule is CCOC(=O)CNCS(=O)(=O)NC(=O)c1csc(CNC(CCc2ccccc2)C(=O)c2cc(OC)c(C)c(OC)c2)n1. The van der Waals surface area contributed by atoms with E-state index in [0.29, 0.717) is 34.9 Å². The largest absolute Gasteiger partial charge is 0.496 e. The number of nitrogens with one attached hydrogen (secondary N) is 3. The van der Waals surface area contributed by atoms with Gasteiger partial charge in [0, 0.05) is 23.1 Å². The number of aromatic nitrogens is 1. The van der Waals surface area contributed by atoms with Crippen molar-refractivity contribution in [2.75, 3.05) is 33.2 Å². The molecule has 0 aliphatic rings. The standard InChI is InChI=1S/C29H36N4O8S2/c1-5-41-27(34)16-30-18-43(37,38)33-29(36)23-17-42-26(32-23)15-31-22(12-11-20-9-7-6-8-10-20)28(35)21-13-24(39-3)19(2)25(14-21)40-4/h6-10,13-14,17,22,30-31H,5,11-12,15-16,18H2,1-4H3,(H,33,36). The van der Waals surface area contributed by atoms with Gasteiger partial charge in [-0.15, -0.1) is 11.3 Å². The minimum absolute atomic E-state index is 0.0871. The molecule has 0 saturated carbocycles. The highest BCUT2D eigenvalue weighted by molar-refractivity contribution is 7.90. The second-order valence-electron chi connectivity index (χ2n) is 9.38. The maximum Gasteiger partial charge on any atom is 0.319 e. The average Bonchev–Trinajstić information content (AvgIpc) is 3.47. The normalized spacial score (nSPS) is 11.9. The van der Waals surface area contributed by atoms with E-state index in [-0.39, 0.29) is 31.2 Å². The minimum atomic E-state index is -4.08. The summed E-state index contributed by atoms with van der Waals surface area (Å²) in [5, 5.41) is 7.59. The van der Waals surface area contributed by atoms with Gasteiger partial charge < -0.3 is 19.5 Å². The highest BCUT2D eigenvalue weighted by atomic mass is 32.2. The van der Waals surface area contributed by atoms with Crippen LogP contribution >= 0.6 is 11.3 Å². The summed E-state index contributed by atoms with van der Waals surface area (Å²) in [7, 11) is -1.02. The van der Waals surface area contributed by atoms with E-state index >= 15 is 0 Å². The number of carbonyl (C=O) groups excluding carboxylic acids is 3. The molecule has 0 aliphatic heterocycles. The zero-order valence-corrected chi connectivity index (χ0v) is 26.1. The van der Waals surface area contributed by atoms with Gasteiger partial charge in [0.2, 0.25) is 10.0 Å². The Morgan fingerprint density at radius 3 is 2.35 bits per heavy atom. The summed E-state index contributed by atoms with van der Waals surface area (Å²) in [5.41, 5.74) is 2.19. The first kappa shape index (κ1) is 33.6. The second-order valence-corrected chi connectivity index (χ2v) is 12.0. The number of amides is 1. The number of aryl methyl sites for hydroxylation is 1. The van der Waals surface area contributed by atoms with E-state index in [1.165, 1.54) is 19.6 Å². The van der Waals surface area contributed by atoms with Crippen LogP contribution in [0.1, 0.15) is 50.3 Å². The fraction of sp³-hybridized carbons (Fsp3) is 0.379. The molecule has 1 unspecified atom stereocenters. The zero-order valence-electron chi connectivity index (χ0n) is 24.5. The lowest BCUT2D eigenvalue weighted by molar-refractivity contribution is -0.141. The van der Waals surface area contributed by atoms with Gasteiger partial charge in [0.15, 0.2) is 5.78 Å². The van der Waals surface area contributed by atoms with E-state index in [1.54, 1.807) is 19.1 Å². The van der Waals surface area contributed by atoms with E-state index in [1.807, 2.05) is 42.0 Å². The summed E-state index contributed by atoms with van der Waals surface area (Å²) in [6.45, 7) is 3.49. The number of nitrogens with zero attached hydrogens (tertiary/aromatic N) is 1. The highest BCUT2D eigenvalue weighted by Gasteiger charge is 2.24. The van der Waals surface area contributed by atoms with Crippen LogP contribution in [0.4, 0.5) is 0 Å². The topological polar surface area (TPSA) is 162 Å². The van der Waals surface area contributed by atoms with Crippen LogP contribution in [0.5, 0.6) is 11.5 Å². The molecule has 0 saturated heterocycles. The first-order valence-corrected chi connectivity index (χ1v) is 16.0. The average molecular weight is 633 g/mol. The van der Waals surface area contributed by atoms with Gasteiger partial charge in [-0.25, -0.2) is 18.1 Å². The second kappa shape index (κ2) is 16.1. The first-order valence-electron chi connectivity index (χ1n) is 13.5. The number of esters is 1. The molecule has 12 nitrogen and oxygen atoms in total. The van der Waals surface area contributed by atoms with E-state index < -0.39 is 33.8 Å². The van der Waals surface area contributed by atoms with Crippen LogP contribution in [0, 0.1) is 6.92 Å². The maximum atomic E-state index is 13.7. The van der Waals surface area contributed by atoms with Crippen molar-refractivity contribution in [3.05, 3.63) is 75.2 Å². The molecule has 0 spiro atoms. The number of benzene rings is 2. The molecule has 3 rings (SSSR count). The number of hydrogen-bond acceptors (Lipinski definition) is 12. The molecule has 2 aromatic carbocycles. The van der Waals surface area contributed by atoms with Crippen molar-refractivity contribution in [3.63, 3.8) is 0 Å². The Kier molecular flexibility index (Phi) is 12.6. The molecule has 1 heterocycles. The molecule has 0 radical (unpaired) electrons. The van der Waals surface area contributed by atoms with Crippen molar-refractivity contribution in [1.82, 2.24) is 20.3 Å². The molecule has 1 atom stereocenters. The summed E-state index contributed by atoms with van der Waals surface area (Å²) in [4.78, 5) is 41.9. The molecular formula is C29H36N4O8S2. The van der Waals surface area contributed by atoms with Gasteiger partial charge in [-0.1, -0.05) is 30.3 Å². The fourth-order valence-corrected chi connectivity index (χ4v) is 5.70. The van der Waals surface area contributed by atoms with Crippen molar-refractivity contribution in [3.8, 4) is 11.5 Å². The lowest BCUT2D eigenvalue weighted by Gasteiger charge is -2.19. The molecule has 0 fully saturated rings. The third-order valence-corrected chi connectivity index (χ3v) is 8.25. The summed E-state index contributed by atoms with van der Waals surface area (Å²) in [5.74, 6) is -1.27. The molecule has 43 heavy (non-hydrogen) atoms. The Bertz CT molecular complexity index is 1480. The molecule has 0 bridgehead atoms. The minimum Gasteiger partial charge on any atom is -0.496 e. The Morgan fingerprint density at radius 1 is 1.05 bits per heavy atom. The molecule has 0 aliphatic carbocycles. The van der Waals surface area contributed by atoms with Crippen LogP contribution in [0.25, 0.3) is 0 Å². The molecule has 1 aromatic heterocycles. The predicted octanol–water partition coefficient (Wildman–Crippen LogP) is 2.61. The fourth-order valence-electron chi connectivity index (χ4n) is 4.15. The summed E-state index contributed by atoms with van der Waals surface area (Å²) in [6.07, 6.45) is 1.12. The van der Waals surface area contributed by atoms with Crippen LogP contribution in [0.15, 0.2) is 47.8 Å². The number of ether oxygens (including phenoxy) is 3. The molecule has 1 amide bonds. The summed E-state index contributed by atoms with van der Waals surface area (Å²) < 4.78 is 42.0. The summed E-state index contributed by atoms with van der Waals surface area (Å²) >= 11 is 1.15. The van der Waals surface area contributed by atoms with Gasteiger partial charge in [0.1, 0.15) is 28.1 Å². The number of hydrogen-bond donors (Lipinski definition) is 3. The van der Waals surface area contributed by atoms with Gasteiger partial charge in [-0.3, -0.25) is 19.7 Å². The van der Waals surface area contributed by atoms with E-state index in [9.17, 15) is 22.8 Å². The smallest absolute Gasteiger partial charge is 0.319 e. The van der Waals surface area contributed by atoms with Gasteiger partial charge in [-0.2, -0.15) is 0 Å². The van der Waals surface area contributed by atoms with Crippen LogP contribution in [-0.4, -0.2) is 70.4 Å².